The maximum absolute atomic E-state index is 5.82. The molecule has 0 amide bonds. The third kappa shape index (κ3) is 9.30. The summed E-state index contributed by atoms with van der Waals surface area (Å²) in [5.41, 5.74) is 10.8. The van der Waals surface area contributed by atoms with E-state index in [9.17, 15) is 0 Å². The Morgan fingerprint density at radius 2 is 0.750 bits per heavy atom. The standard InChI is InChI=1S/C54H51N4.ClH.Pd/c1-54(2,3)47-35-45(52-55-48(41-26-14-6-15-27-41)50(43-30-18-8-19-31-43)57(52)37-39-22-10-4-11-23-39)34-46(36-47)53-56-49(42-28-16-7-17-29-42)51(44-32-20-9-21-33-44)58(53)38-40-24-12-5-13-25-40;;/h4-33,35-36,48-53H,37-38H2,1-3H3;1H;/q-3;;/p-1/t48-,49+,50-,51+,52?,53?;;. The normalized spacial score (nSPS) is 21.9. The molecule has 2 heterocycles. The molecule has 0 radical (unpaired) electrons. The van der Waals surface area contributed by atoms with E-state index in [0.29, 0.717) is 0 Å². The van der Waals surface area contributed by atoms with Crippen molar-refractivity contribution in [2.45, 2.75) is 75.8 Å². The van der Waals surface area contributed by atoms with E-state index in [0.717, 1.165) is 24.2 Å². The van der Waals surface area contributed by atoms with Crippen molar-refractivity contribution in [2.75, 3.05) is 0 Å². The first-order valence-corrected chi connectivity index (χ1v) is 20.7. The van der Waals surface area contributed by atoms with E-state index < -0.39 is 0 Å². The average molecular weight is 898 g/mol. The average Bonchev–Trinajstić information content (AvgIpc) is 3.84. The molecule has 0 spiro atoms. The number of nitrogens with zero attached hydrogens (tertiary/aromatic N) is 4. The summed E-state index contributed by atoms with van der Waals surface area (Å²) in [6, 6.07) is 74.1. The van der Waals surface area contributed by atoms with E-state index >= 15 is 0 Å². The maximum Gasteiger partial charge on any atom is 0.0225 e. The zero-order valence-electron chi connectivity index (χ0n) is 34.3. The van der Waals surface area contributed by atoms with Crippen LogP contribution in [0.5, 0.6) is 0 Å². The molecule has 2 saturated heterocycles. The molecule has 6 heteroatoms. The van der Waals surface area contributed by atoms with Gasteiger partial charge >= 0.3 is 0 Å². The van der Waals surface area contributed by atoms with E-state index in [1.807, 2.05) is 0 Å². The van der Waals surface area contributed by atoms with Crippen LogP contribution in [-0.2, 0) is 38.9 Å². The second-order valence-corrected chi connectivity index (χ2v) is 16.8. The van der Waals surface area contributed by atoms with Crippen molar-refractivity contribution < 1.29 is 32.8 Å². The summed E-state index contributed by atoms with van der Waals surface area (Å²) in [7, 11) is 0. The molecule has 308 valence electrons. The predicted octanol–water partition coefficient (Wildman–Crippen LogP) is 10.5. The van der Waals surface area contributed by atoms with Gasteiger partial charge in [0.1, 0.15) is 0 Å². The molecule has 7 aromatic carbocycles. The number of benzene rings is 7. The summed E-state index contributed by atoms with van der Waals surface area (Å²) >= 11 is 0. The predicted molar refractivity (Wildman–Crippen MR) is 237 cm³/mol. The van der Waals surface area contributed by atoms with Gasteiger partial charge in [-0.15, -0.1) is 0 Å². The molecule has 6 atom stereocenters. The molecular formula is C54H51ClN4Pd-4. The van der Waals surface area contributed by atoms with Crippen molar-refractivity contribution in [3.05, 3.63) is 261 Å². The topological polar surface area (TPSA) is 34.7 Å². The van der Waals surface area contributed by atoms with Crippen LogP contribution in [0, 0.1) is 6.07 Å². The van der Waals surface area contributed by atoms with Gasteiger partial charge in [-0.2, -0.15) is 34.9 Å². The molecular weight excluding hydrogens is 846 g/mol. The Balaban J connectivity index is 0.00000272. The molecule has 9 rings (SSSR count). The van der Waals surface area contributed by atoms with Crippen LogP contribution in [0.4, 0.5) is 0 Å². The maximum atomic E-state index is 5.82. The molecule has 0 aromatic heterocycles. The molecule has 60 heavy (non-hydrogen) atoms. The van der Waals surface area contributed by atoms with Crippen LogP contribution < -0.4 is 12.4 Å². The Bertz CT molecular complexity index is 2220. The van der Waals surface area contributed by atoms with Crippen LogP contribution in [0.2, 0.25) is 0 Å². The number of hydrogen-bond acceptors (Lipinski definition) is 2. The fraction of sp³-hybridized carbons (Fsp3) is 0.222. The Morgan fingerprint density at radius 1 is 0.450 bits per heavy atom. The van der Waals surface area contributed by atoms with Crippen LogP contribution in [0.1, 0.15) is 107 Å². The second-order valence-electron chi connectivity index (χ2n) is 16.8. The third-order valence-corrected chi connectivity index (χ3v) is 11.9. The van der Waals surface area contributed by atoms with Crippen molar-refractivity contribution in [1.29, 1.82) is 0 Å². The van der Waals surface area contributed by atoms with Crippen LogP contribution in [0.3, 0.4) is 0 Å². The van der Waals surface area contributed by atoms with Crippen LogP contribution >= 0.6 is 0 Å². The van der Waals surface area contributed by atoms with Gasteiger partial charge in [-0.25, -0.2) is 0 Å². The van der Waals surface area contributed by atoms with Gasteiger partial charge in [-0.05, 0) is 27.7 Å². The molecule has 0 N–H and O–H groups in total. The van der Waals surface area contributed by atoms with Gasteiger partial charge in [-0.1, -0.05) is 238 Å². The fourth-order valence-electron chi connectivity index (χ4n) is 8.99. The molecule has 0 bridgehead atoms. The van der Waals surface area contributed by atoms with Crippen LogP contribution in [0.25, 0.3) is 10.6 Å². The Morgan fingerprint density at radius 3 is 1.07 bits per heavy atom. The van der Waals surface area contributed by atoms with Crippen molar-refractivity contribution in [2.24, 2.45) is 0 Å². The summed E-state index contributed by atoms with van der Waals surface area (Å²) in [6.45, 7) is 8.45. The first kappa shape index (κ1) is 43.4. The molecule has 4 nitrogen and oxygen atoms in total. The zero-order valence-corrected chi connectivity index (χ0v) is 36.6. The number of halogens is 1. The fourth-order valence-corrected chi connectivity index (χ4v) is 8.99. The van der Waals surface area contributed by atoms with Gasteiger partial charge in [0.2, 0.25) is 0 Å². The minimum atomic E-state index is -0.240. The molecule has 2 fully saturated rings. The second kappa shape index (κ2) is 19.4. The minimum absolute atomic E-state index is 0. The summed E-state index contributed by atoms with van der Waals surface area (Å²) in [6.07, 6.45) is -0.481. The number of hydrogen-bond donors (Lipinski definition) is 0. The summed E-state index contributed by atoms with van der Waals surface area (Å²) < 4.78 is 0. The molecule has 7 aromatic rings. The van der Waals surface area contributed by atoms with Crippen molar-refractivity contribution >= 4 is 0 Å². The van der Waals surface area contributed by atoms with Gasteiger partial charge in [0.15, 0.2) is 0 Å². The molecule has 2 aliphatic rings. The molecule has 2 unspecified atom stereocenters. The Hall–Kier alpha value is -4.67. The quantitative estimate of drug-likeness (QED) is 0.101. The van der Waals surface area contributed by atoms with Crippen LogP contribution in [-0.4, -0.2) is 9.80 Å². The largest absolute Gasteiger partial charge is 1.00 e. The Labute approximate surface area is 377 Å². The summed E-state index contributed by atoms with van der Waals surface area (Å²) in [5.74, 6) is 0. The first-order chi connectivity index (χ1) is 28.4. The van der Waals surface area contributed by atoms with Crippen molar-refractivity contribution in [3.8, 4) is 0 Å². The smallest absolute Gasteiger partial charge is 0.0225 e. The molecule has 0 saturated carbocycles. The van der Waals surface area contributed by atoms with E-state index in [-0.39, 0.29) is 74.7 Å². The van der Waals surface area contributed by atoms with Gasteiger partial charge in [0.05, 0.1) is 0 Å². The molecule has 2 aliphatic heterocycles. The monoisotopic (exact) mass is 896 g/mol. The minimum Gasteiger partial charge on any atom is -1.00 e. The van der Waals surface area contributed by atoms with E-state index in [2.05, 4.69) is 231 Å². The van der Waals surface area contributed by atoms with Gasteiger partial charge in [0.25, 0.3) is 0 Å². The first-order valence-electron chi connectivity index (χ1n) is 20.7. The Kier molecular flexibility index (Phi) is 14.0. The van der Waals surface area contributed by atoms with Crippen molar-refractivity contribution in [3.63, 3.8) is 0 Å². The van der Waals surface area contributed by atoms with Crippen molar-refractivity contribution in [1.82, 2.24) is 9.80 Å². The third-order valence-electron chi connectivity index (χ3n) is 11.9. The van der Waals surface area contributed by atoms with Gasteiger partial charge in [0, 0.05) is 45.6 Å². The van der Waals surface area contributed by atoms with Crippen LogP contribution in [0.15, 0.2) is 194 Å². The van der Waals surface area contributed by atoms with Gasteiger partial charge in [-0.3, -0.25) is 0 Å². The number of rotatable bonds is 10. The van der Waals surface area contributed by atoms with E-state index in [1.54, 1.807) is 0 Å². The summed E-state index contributed by atoms with van der Waals surface area (Å²) in [5, 5.41) is 11.6. The van der Waals surface area contributed by atoms with E-state index in [1.165, 1.54) is 38.9 Å². The molecule has 0 aliphatic carbocycles. The summed E-state index contributed by atoms with van der Waals surface area (Å²) in [4.78, 5) is 5.22. The SMILES string of the molecule is CC(C)(C)c1cc(C2[N-][C@H](c3ccccc3)[C@@H](c3ccccc3)N2Cc2ccccc2)[c-]c(C2[N-][C@@H](c3ccccc3)[C@H](c3ccccc3)N2Cc2ccccc2)c1.[Cl-].[Pd]. The van der Waals surface area contributed by atoms with Gasteiger partial charge < -0.3 is 32.8 Å². The van der Waals surface area contributed by atoms with E-state index in [4.69, 9.17) is 10.6 Å². The zero-order chi connectivity index (χ0) is 39.5.